The van der Waals surface area contributed by atoms with Gasteiger partial charge >= 0.3 is 6.61 Å². The van der Waals surface area contributed by atoms with E-state index in [1.54, 1.807) is 18.5 Å². The number of halogens is 3. The average Bonchev–Trinajstić information content (AvgIpc) is 3.29. The Bertz CT molecular complexity index is 1120. The molecule has 28 heavy (non-hydrogen) atoms. The monoisotopic (exact) mass is 406 g/mol. The largest absolute Gasteiger partial charge is 0.434 e. The highest BCUT2D eigenvalue weighted by Crippen LogP contribution is 2.37. The van der Waals surface area contributed by atoms with E-state index < -0.39 is 12.8 Å². The number of hydrogen-bond acceptors (Lipinski definition) is 6. The first-order chi connectivity index (χ1) is 13.5. The molecule has 3 heterocycles. The van der Waals surface area contributed by atoms with Crippen molar-refractivity contribution in [3.63, 3.8) is 0 Å². The number of nitrogens with one attached hydrogen (secondary N) is 2. The number of aliphatic hydroxyl groups excluding tert-OH is 1. The molecule has 1 aromatic carbocycles. The van der Waals surface area contributed by atoms with Crippen molar-refractivity contribution in [2.45, 2.75) is 12.8 Å². The number of nitrogens with zero attached hydrogens (tertiary/aromatic N) is 4. The van der Waals surface area contributed by atoms with E-state index in [0.29, 0.717) is 27.6 Å². The van der Waals surface area contributed by atoms with Crippen molar-refractivity contribution >= 4 is 22.9 Å². The summed E-state index contributed by atoms with van der Waals surface area (Å²) in [5.41, 5.74) is 1.84. The Morgan fingerprint density at radius 1 is 1.29 bits per heavy atom. The number of hydrogen-bond donors (Lipinski definition) is 3. The fourth-order valence-electron chi connectivity index (χ4n) is 2.76. The van der Waals surface area contributed by atoms with E-state index in [4.69, 9.17) is 11.6 Å². The number of aliphatic hydroxyl groups is 1. The van der Waals surface area contributed by atoms with Crippen molar-refractivity contribution in [3.05, 3.63) is 59.6 Å². The van der Waals surface area contributed by atoms with Gasteiger partial charge in [0.15, 0.2) is 11.9 Å². The number of rotatable bonds is 6. The van der Waals surface area contributed by atoms with Crippen LogP contribution < -0.4 is 10.1 Å². The molecule has 0 spiro atoms. The molecule has 4 rings (SSSR count). The first-order valence-electron chi connectivity index (χ1n) is 8.04. The molecule has 3 aromatic heterocycles. The summed E-state index contributed by atoms with van der Waals surface area (Å²) in [7, 11) is 0. The molecule has 11 heteroatoms. The van der Waals surface area contributed by atoms with Gasteiger partial charge in [0.1, 0.15) is 5.75 Å². The van der Waals surface area contributed by atoms with E-state index >= 15 is 0 Å². The molecule has 8 nitrogen and oxygen atoms in total. The average molecular weight is 407 g/mol. The minimum atomic E-state index is -3.00. The van der Waals surface area contributed by atoms with Crippen LogP contribution in [0.2, 0.25) is 5.02 Å². The Morgan fingerprint density at radius 3 is 2.96 bits per heavy atom. The third-order valence-electron chi connectivity index (χ3n) is 3.96. The summed E-state index contributed by atoms with van der Waals surface area (Å²) in [6.45, 7) is -3.00. The van der Waals surface area contributed by atoms with Gasteiger partial charge in [-0.15, -0.1) is 0 Å². The molecule has 1 unspecified atom stereocenters. The molecule has 0 radical (unpaired) electrons. The maximum Gasteiger partial charge on any atom is 0.387 e. The highest BCUT2D eigenvalue weighted by Gasteiger charge is 2.20. The second-order valence-electron chi connectivity index (χ2n) is 5.71. The van der Waals surface area contributed by atoms with Crippen LogP contribution >= 0.6 is 11.6 Å². The minimum Gasteiger partial charge on any atom is -0.434 e. The molecule has 0 aliphatic carbocycles. The van der Waals surface area contributed by atoms with Gasteiger partial charge in [-0.1, -0.05) is 11.6 Å². The first-order valence-corrected chi connectivity index (χ1v) is 8.41. The standard InChI is InChI=1S/C17H13ClF2N6O2/c18-9-2-3-13(28-17(19)20)10(6-9)14-12(8-22-25-14)24-16(27)11-7-23-26-5-1-4-21-15(11)26/h1-8,16-17,24,27H,(H,22,25). The number of ether oxygens (including phenoxy) is 1. The number of anilines is 1. The van der Waals surface area contributed by atoms with Gasteiger partial charge in [0.05, 0.1) is 29.3 Å². The molecule has 0 bridgehead atoms. The van der Waals surface area contributed by atoms with Crippen LogP contribution in [-0.4, -0.2) is 36.5 Å². The maximum absolute atomic E-state index is 12.7. The van der Waals surface area contributed by atoms with Gasteiger partial charge in [0.2, 0.25) is 0 Å². The van der Waals surface area contributed by atoms with Crippen molar-refractivity contribution in [3.8, 4) is 17.0 Å². The molecule has 4 aromatic rings. The summed E-state index contributed by atoms with van der Waals surface area (Å²) in [6.07, 6.45) is 4.98. The van der Waals surface area contributed by atoms with Crippen LogP contribution in [0.3, 0.4) is 0 Å². The predicted octanol–water partition coefficient (Wildman–Crippen LogP) is 3.48. The molecule has 0 aliphatic heterocycles. The SMILES string of the molecule is OC(Nc1cn[nH]c1-c1cc(Cl)ccc1OC(F)F)c1cnn2cccnc12. The summed E-state index contributed by atoms with van der Waals surface area (Å²) < 4.78 is 31.5. The van der Waals surface area contributed by atoms with Gasteiger partial charge in [0, 0.05) is 23.0 Å². The normalized spacial score (nSPS) is 12.5. The van der Waals surface area contributed by atoms with E-state index in [-0.39, 0.29) is 11.3 Å². The lowest BCUT2D eigenvalue weighted by Gasteiger charge is -2.15. The zero-order valence-electron chi connectivity index (χ0n) is 14.1. The van der Waals surface area contributed by atoms with E-state index in [2.05, 4.69) is 30.3 Å². The predicted molar refractivity (Wildman–Crippen MR) is 97.2 cm³/mol. The van der Waals surface area contributed by atoms with Crippen LogP contribution in [0.4, 0.5) is 14.5 Å². The Balaban J connectivity index is 1.68. The van der Waals surface area contributed by atoms with Crippen molar-refractivity contribution < 1.29 is 18.6 Å². The van der Waals surface area contributed by atoms with Gasteiger partial charge in [-0.2, -0.15) is 19.0 Å². The molecule has 0 amide bonds. The lowest BCUT2D eigenvalue weighted by molar-refractivity contribution is -0.0494. The molecular formula is C17H13ClF2N6O2. The zero-order chi connectivity index (χ0) is 19.7. The molecule has 3 N–H and O–H groups in total. The Labute approximate surface area is 161 Å². The smallest absolute Gasteiger partial charge is 0.387 e. The summed E-state index contributed by atoms with van der Waals surface area (Å²) >= 11 is 6.01. The number of fused-ring (bicyclic) bond motifs is 1. The number of alkyl halides is 2. The molecule has 0 saturated heterocycles. The summed E-state index contributed by atoms with van der Waals surface area (Å²) in [5, 5.41) is 24.5. The van der Waals surface area contributed by atoms with Crippen LogP contribution in [0.25, 0.3) is 16.9 Å². The van der Waals surface area contributed by atoms with E-state index in [0.717, 1.165) is 0 Å². The minimum absolute atomic E-state index is 0.0844. The molecule has 0 aliphatic rings. The van der Waals surface area contributed by atoms with E-state index in [1.165, 1.54) is 35.1 Å². The molecule has 1 atom stereocenters. The van der Waals surface area contributed by atoms with Crippen LogP contribution in [0, 0.1) is 0 Å². The first kappa shape index (κ1) is 18.1. The Kier molecular flexibility index (Phi) is 4.80. The second-order valence-corrected chi connectivity index (χ2v) is 6.15. The van der Waals surface area contributed by atoms with Gasteiger partial charge < -0.3 is 15.2 Å². The van der Waals surface area contributed by atoms with Gasteiger partial charge in [0.25, 0.3) is 0 Å². The van der Waals surface area contributed by atoms with Crippen LogP contribution in [0.5, 0.6) is 5.75 Å². The zero-order valence-corrected chi connectivity index (χ0v) is 14.8. The van der Waals surface area contributed by atoms with Gasteiger partial charge in [-0.05, 0) is 24.3 Å². The van der Waals surface area contributed by atoms with Crippen molar-refractivity contribution in [2.75, 3.05) is 5.32 Å². The molecular weight excluding hydrogens is 394 g/mol. The number of benzene rings is 1. The lowest BCUT2D eigenvalue weighted by Crippen LogP contribution is -2.10. The third kappa shape index (κ3) is 3.47. The van der Waals surface area contributed by atoms with Crippen LogP contribution in [0.1, 0.15) is 11.8 Å². The third-order valence-corrected chi connectivity index (χ3v) is 4.19. The number of aromatic nitrogens is 5. The maximum atomic E-state index is 12.7. The second kappa shape index (κ2) is 7.41. The van der Waals surface area contributed by atoms with Crippen molar-refractivity contribution in [2.24, 2.45) is 0 Å². The molecule has 144 valence electrons. The fraction of sp³-hybridized carbons (Fsp3) is 0.118. The van der Waals surface area contributed by atoms with Crippen LogP contribution in [0.15, 0.2) is 49.1 Å². The fourth-order valence-corrected chi connectivity index (χ4v) is 2.93. The summed E-state index contributed by atoms with van der Waals surface area (Å²) in [5.74, 6) is -0.0844. The van der Waals surface area contributed by atoms with Crippen molar-refractivity contribution in [1.82, 2.24) is 24.8 Å². The number of H-pyrrole nitrogens is 1. The number of aromatic amines is 1. The quantitative estimate of drug-likeness (QED) is 0.424. The topological polar surface area (TPSA) is 100 Å². The van der Waals surface area contributed by atoms with Gasteiger partial charge in [-0.25, -0.2) is 9.50 Å². The van der Waals surface area contributed by atoms with Crippen molar-refractivity contribution in [1.29, 1.82) is 0 Å². The Morgan fingerprint density at radius 2 is 2.14 bits per heavy atom. The highest BCUT2D eigenvalue weighted by molar-refractivity contribution is 6.31. The highest BCUT2D eigenvalue weighted by atomic mass is 35.5. The summed E-state index contributed by atoms with van der Waals surface area (Å²) in [4.78, 5) is 4.19. The van der Waals surface area contributed by atoms with E-state index in [1.807, 2.05) is 0 Å². The lowest BCUT2D eigenvalue weighted by atomic mass is 10.1. The summed E-state index contributed by atoms with van der Waals surface area (Å²) in [6, 6.07) is 5.94. The molecule has 0 saturated carbocycles. The van der Waals surface area contributed by atoms with Gasteiger partial charge in [-0.3, -0.25) is 5.10 Å². The van der Waals surface area contributed by atoms with E-state index in [9.17, 15) is 13.9 Å². The molecule has 0 fully saturated rings. The Hall–Kier alpha value is -3.24. The van der Waals surface area contributed by atoms with Crippen LogP contribution in [-0.2, 0) is 0 Å².